The Morgan fingerprint density at radius 1 is 1.20 bits per heavy atom. The summed E-state index contributed by atoms with van der Waals surface area (Å²) in [6.07, 6.45) is 1.40. The van der Waals surface area contributed by atoms with E-state index in [1.807, 2.05) is 0 Å². The summed E-state index contributed by atoms with van der Waals surface area (Å²) in [5, 5.41) is 8.75. The Kier molecular flexibility index (Phi) is 4.10. The van der Waals surface area contributed by atoms with Gasteiger partial charge in [-0.3, -0.25) is 9.59 Å². The van der Waals surface area contributed by atoms with E-state index in [4.69, 9.17) is 9.84 Å². The minimum Gasteiger partial charge on any atom is -0.481 e. The number of nitrogens with zero attached hydrogens (tertiary/aromatic N) is 1. The highest BCUT2D eigenvalue weighted by atomic mass is 16.5. The Morgan fingerprint density at radius 2 is 2.00 bits per heavy atom. The number of carboxylic acids is 1. The predicted molar refractivity (Wildman–Crippen MR) is 72.1 cm³/mol. The lowest BCUT2D eigenvalue weighted by molar-refractivity contribution is -0.136. The standard InChI is InChI=1S/C15H13NO4/c1-10(17)14-6-5-13(9-16-14)20-12-4-2-3-11(7-12)8-15(18)19/h2-7,9H,8H2,1H3,(H,18,19). The van der Waals surface area contributed by atoms with Crippen LogP contribution in [0.3, 0.4) is 0 Å². The van der Waals surface area contributed by atoms with Crippen molar-refractivity contribution in [3.8, 4) is 11.5 Å². The summed E-state index contributed by atoms with van der Waals surface area (Å²) in [7, 11) is 0. The lowest BCUT2D eigenvalue weighted by Crippen LogP contribution is -2.00. The molecule has 0 radical (unpaired) electrons. The molecule has 0 aliphatic rings. The van der Waals surface area contributed by atoms with E-state index in [1.54, 1.807) is 36.4 Å². The maximum Gasteiger partial charge on any atom is 0.307 e. The normalized spacial score (nSPS) is 10.1. The van der Waals surface area contributed by atoms with Gasteiger partial charge in [0.2, 0.25) is 0 Å². The molecular weight excluding hydrogens is 258 g/mol. The lowest BCUT2D eigenvalue weighted by atomic mass is 10.1. The summed E-state index contributed by atoms with van der Waals surface area (Å²) in [4.78, 5) is 25.7. The fourth-order valence-electron chi connectivity index (χ4n) is 1.68. The molecule has 0 spiro atoms. The number of rotatable bonds is 5. The molecule has 1 N–H and O–H groups in total. The van der Waals surface area contributed by atoms with Gasteiger partial charge in [0.25, 0.3) is 0 Å². The number of aliphatic carboxylic acids is 1. The van der Waals surface area contributed by atoms with E-state index in [2.05, 4.69) is 4.98 Å². The first kappa shape index (κ1) is 13.7. The van der Waals surface area contributed by atoms with Gasteiger partial charge < -0.3 is 9.84 Å². The van der Waals surface area contributed by atoms with Crippen molar-refractivity contribution in [2.75, 3.05) is 0 Å². The first-order valence-corrected chi connectivity index (χ1v) is 6.00. The molecule has 20 heavy (non-hydrogen) atoms. The third-order valence-corrected chi connectivity index (χ3v) is 2.59. The van der Waals surface area contributed by atoms with Crippen LogP contribution < -0.4 is 4.74 Å². The molecule has 0 unspecified atom stereocenters. The van der Waals surface area contributed by atoms with Gasteiger partial charge in [0.1, 0.15) is 17.2 Å². The van der Waals surface area contributed by atoms with Crippen LogP contribution in [-0.2, 0) is 11.2 Å². The van der Waals surface area contributed by atoms with E-state index in [9.17, 15) is 9.59 Å². The first-order chi connectivity index (χ1) is 9.54. The quantitative estimate of drug-likeness (QED) is 0.846. The first-order valence-electron chi connectivity index (χ1n) is 6.00. The van der Waals surface area contributed by atoms with Gasteiger partial charge in [0.05, 0.1) is 12.6 Å². The molecule has 0 atom stereocenters. The summed E-state index contributed by atoms with van der Waals surface area (Å²) in [6.45, 7) is 1.44. The van der Waals surface area contributed by atoms with Crippen LogP contribution in [0.5, 0.6) is 11.5 Å². The van der Waals surface area contributed by atoms with Crippen LogP contribution >= 0.6 is 0 Å². The van der Waals surface area contributed by atoms with Crippen LogP contribution in [-0.4, -0.2) is 21.8 Å². The van der Waals surface area contributed by atoms with Crippen LogP contribution in [0.4, 0.5) is 0 Å². The Morgan fingerprint density at radius 3 is 2.60 bits per heavy atom. The number of hydrogen-bond acceptors (Lipinski definition) is 4. The Bertz CT molecular complexity index is 635. The van der Waals surface area contributed by atoms with Gasteiger partial charge in [0, 0.05) is 6.92 Å². The molecule has 0 aliphatic carbocycles. The second-order valence-corrected chi connectivity index (χ2v) is 4.26. The molecule has 1 aromatic heterocycles. The van der Waals surface area contributed by atoms with Gasteiger partial charge in [-0.25, -0.2) is 4.98 Å². The second kappa shape index (κ2) is 5.97. The van der Waals surface area contributed by atoms with E-state index in [-0.39, 0.29) is 12.2 Å². The topological polar surface area (TPSA) is 76.5 Å². The third-order valence-electron chi connectivity index (χ3n) is 2.59. The van der Waals surface area contributed by atoms with E-state index in [1.165, 1.54) is 13.1 Å². The van der Waals surface area contributed by atoms with Gasteiger partial charge in [-0.1, -0.05) is 12.1 Å². The number of ether oxygens (including phenoxy) is 1. The van der Waals surface area contributed by atoms with Gasteiger partial charge >= 0.3 is 5.97 Å². The summed E-state index contributed by atoms with van der Waals surface area (Å²) in [6, 6.07) is 10.1. The second-order valence-electron chi connectivity index (χ2n) is 4.26. The lowest BCUT2D eigenvalue weighted by Gasteiger charge is -2.07. The molecule has 1 heterocycles. The maximum absolute atomic E-state index is 11.1. The predicted octanol–water partition coefficient (Wildman–Crippen LogP) is 2.70. The average Bonchev–Trinajstić information content (AvgIpc) is 2.39. The number of carbonyl (C=O) groups excluding carboxylic acids is 1. The fraction of sp³-hybridized carbons (Fsp3) is 0.133. The van der Waals surface area contributed by atoms with Gasteiger partial charge in [0.15, 0.2) is 5.78 Å². The Labute approximate surface area is 115 Å². The van der Waals surface area contributed by atoms with Crippen LogP contribution in [0.15, 0.2) is 42.6 Å². The number of carbonyl (C=O) groups is 2. The zero-order valence-corrected chi connectivity index (χ0v) is 10.9. The number of carboxylic acid groups (broad SMARTS) is 1. The van der Waals surface area contributed by atoms with Crippen molar-refractivity contribution in [3.63, 3.8) is 0 Å². The summed E-state index contributed by atoms with van der Waals surface area (Å²) >= 11 is 0. The average molecular weight is 271 g/mol. The SMILES string of the molecule is CC(=O)c1ccc(Oc2cccc(CC(=O)O)c2)cn1. The molecule has 5 heteroatoms. The van der Waals surface area contributed by atoms with Crippen molar-refractivity contribution < 1.29 is 19.4 Å². The zero-order chi connectivity index (χ0) is 14.5. The summed E-state index contributed by atoms with van der Waals surface area (Å²) < 4.78 is 5.57. The molecule has 0 amide bonds. The van der Waals surface area contributed by atoms with Crippen molar-refractivity contribution in [2.24, 2.45) is 0 Å². The number of hydrogen-bond donors (Lipinski definition) is 1. The molecule has 0 fully saturated rings. The van der Waals surface area contributed by atoms with E-state index in [0.717, 1.165) is 0 Å². The van der Waals surface area contributed by atoms with Crippen molar-refractivity contribution in [3.05, 3.63) is 53.9 Å². The fourth-order valence-corrected chi connectivity index (χ4v) is 1.68. The Hall–Kier alpha value is -2.69. The molecular formula is C15H13NO4. The molecule has 2 aromatic rings. The maximum atomic E-state index is 11.1. The highest BCUT2D eigenvalue weighted by Crippen LogP contribution is 2.22. The molecule has 1 aromatic carbocycles. The highest BCUT2D eigenvalue weighted by molar-refractivity contribution is 5.92. The number of aromatic nitrogens is 1. The van der Waals surface area contributed by atoms with Crippen LogP contribution in [0.1, 0.15) is 23.0 Å². The number of Topliss-reactive ketones (excluding diaryl/α,β-unsaturated/α-hetero) is 1. The van der Waals surface area contributed by atoms with Crippen LogP contribution in [0.2, 0.25) is 0 Å². The van der Waals surface area contributed by atoms with E-state index < -0.39 is 5.97 Å². The molecule has 0 bridgehead atoms. The van der Waals surface area contributed by atoms with Crippen LogP contribution in [0, 0.1) is 0 Å². The number of ketones is 1. The largest absolute Gasteiger partial charge is 0.481 e. The molecule has 0 saturated heterocycles. The van der Waals surface area contributed by atoms with Crippen molar-refractivity contribution in [1.82, 2.24) is 4.98 Å². The minimum absolute atomic E-state index is 0.0568. The monoisotopic (exact) mass is 271 g/mol. The van der Waals surface area contributed by atoms with Crippen molar-refractivity contribution >= 4 is 11.8 Å². The van der Waals surface area contributed by atoms with E-state index in [0.29, 0.717) is 22.8 Å². The summed E-state index contributed by atoms with van der Waals surface area (Å²) in [5.41, 5.74) is 1.03. The molecule has 5 nitrogen and oxygen atoms in total. The van der Waals surface area contributed by atoms with Crippen molar-refractivity contribution in [1.29, 1.82) is 0 Å². The minimum atomic E-state index is -0.894. The number of benzene rings is 1. The molecule has 2 rings (SSSR count). The number of pyridine rings is 1. The van der Waals surface area contributed by atoms with E-state index >= 15 is 0 Å². The van der Waals surface area contributed by atoms with Crippen molar-refractivity contribution in [2.45, 2.75) is 13.3 Å². The molecule has 0 aliphatic heterocycles. The molecule has 102 valence electrons. The smallest absolute Gasteiger partial charge is 0.307 e. The van der Waals surface area contributed by atoms with Crippen LogP contribution in [0.25, 0.3) is 0 Å². The Balaban J connectivity index is 2.13. The molecule has 0 saturated carbocycles. The van der Waals surface area contributed by atoms with Gasteiger partial charge in [-0.05, 0) is 29.8 Å². The highest BCUT2D eigenvalue weighted by Gasteiger charge is 2.04. The van der Waals surface area contributed by atoms with Gasteiger partial charge in [-0.2, -0.15) is 0 Å². The summed E-state index contributed by atoms with van der Waals surface area (Å²) in [5.74, 6) is 0.0123. The van der Waals surface area contributed by atoms with Gasteiger partial charge in [-0.15, -0.1) is 0 Å². The third kappa shape index (κ3) is 3.65. The zero-order valence-electron chi connectivity index (χ0n) is 10.9.